The van der Waals surface area contributed by atoms with Gasteiger partial charge in [-0.1, -0.05) is 27.7 Å². The second-order valence-electron chi connectivity index (χ2n) is 7.31. The zero-order valence-electron chi connectivity index (χ0n) is 13.3. The zero-order chi connectivity index (χ0) is 15.6. The lowest BCUT2D eigenvalue weighted by Crippen LogP contribution is -2.49. The second-order valence-corrected chi connectivity index (χ2v) is 7.31. The van der Waals surface area contributed by atoms with Gasteiger partial charge in [-0.25, -0.2) is 4.79 Å². The van der Waals surface area contributed by atoms with Crippen molar-refractivity contribution in [3.63, 3.8) is 0 Å². The van der Waals surface area contributed by atoms with E-state index in [4.69, 9.17) is 5.11 Å². The highest BCUT2D eigenvalue weighted by atomic mass is 16.4. The van der Waals surface area contributed by atoms with Crippen LogP contribution in [0.4, 0.5) is 4.79 Å². The van der Waals surface area contributed by atoms with Crippen LogP contribution in [0.3, 0.4) is 0 Å². The number of nitrogens with one attached hydrogen (secondary N) is 1. The summed E-state index contributed by atoms with van der Waals surface area (Å²) in [5.41, 5.74) is -0.521. The minimum atomic E-state index is -0.765. The van der Waals surface area contributed by atoms with Gasteiger partial charge in [0, 0.05) is 19.6 Å². The lowest BCUT2D eigenvalue weighted by Gasteiger charge is -2.37. The molecule has 0 aromatic carbocycles. The fourth-order valence-electron chi connectivity index (χ4n) is 2.08. The number of hydrogen-bond donors (Lipinski definition) is 2. The number of carboxylic acid groups (broad SMARTS) is 1. The fourth-order valence-corrected chi connectivity index (χ4v) is 2.08. The molecule has 1 unspecified atom stereocenters. The molecule has 1 aliphatic heterocycles. The van der Waals surface area contributed by atoms with Crippen LogP contribution in [-0.2, 0) is 4.79 Å². The molecule has 0 aromatic heterocycles. The maximum absolute atomic E-state index is 12.1. The highest BCUT2D eigenvalue weighted by Gasteiger charge is 2.38. The van der Waals surface area contributed by atoms with Crippen molar-refractivity contribution in [1.29, 1.82) is 0 Å². The summed E-state index contributed by atoms with van der Waals surface area (Å²) < 4.78 is 0. The van der Waals surface area contributed by atoms with E-state index in [1.807, 2.05) is 0 Å². The number of aliphatic carboxylic acids is 1. The summed E-state index contributed by atoms with van der Waals surface area (Å²) >= 11 is 0. The molecule has 0 spiro atoms. The molecule has 0 aromatic rings. The number of piperidine rings is 1. The molecule has 116 valence electrons. The lowest BCUT2D eigenvalue weighted by molar-refractivity contribution is -0.150. The minimum absolute atomic E-state index is 0.0754. The van der Waals surface area contributed by atoms with Gasteiger partial charge in [-0.2, -0.15) is 0 Å². The van der Waals surface area contributed by atoms with E-state index in [2.05, 4.69) is 33.0 Å². The molecule has 1 fully saturated rings. The molecule has 1 heterocycles. The Morgan fingerprint density at radius 2 is 1.80 bits per heavy atom. The van der Waals surface area contributed by atoms with Crippen LogP contribution in [0.1, 0.15) is 47.5 Å². The number of rotatable bonds is 3. The van der Waals surface area contributed by atoms with Gasteiger partial charge in [0.2, 0.25) is 0 Å². The Kier molecular flexibility index (Phi) is 5.05. The Morgan fingerprint density at radius 3 is 2.20 bits per heavy atom. The molecule has 20 heavy (non-hydrogen) atoms. The molecule has 0 bridgehead atoms. The highest BCUT2D eigenvalue weighted by molar-refractivity contribution is 5.76. The zero-order valence-corrected chi connectivity index (χ0v) is 13.3. The summed E-state index contributed by atoms with van der Waals surface area (Å²) in [6.45, 7) is 12.0. The van der Waals surface area contributed by atoms with Crippen LogP contribution in [0.25, 0.3) is 0 Å². The van der Waals surface area contributed by atoms with Crippen molar-refractivity contribution in [2.75, 3.05) is 19.6 Å². The molecular weight excluding hydrogens is 256 g/mol. The number of carbonyl (C=O) groups excluding carboxylic acids is 1. The van der Waals surface area contributed by atoms with E-state index in [0.717, 1.165) is 0 Å². The summed E-state index contributed by atoms with van der Waals surface area (Å²) in [5.74, 6) is -0.376. The van der Waals surface area contributed by atoms with Crippen LogP contribution in [0.15, 0.2) is 0 Å². The number of carbonyl (C=O) groups is 2. The molecule has 1 atom stereocenters. The fraction of sp³-hybridized carbons (Fsp3) is 0.867. The Hall–Kier alpha value is -1.26. The largest absolute Gasteiger partial charge is 0.481 e. The van der Waals surface area contributed by atoms with Crippen molar-refractivity contribution in [3.8, 4) is 0 Å². The monoisotopic (exact) mass is 284 g/mol. The first kappa shape index (κ1) is 16.8. The van der Waals surface area contributed by atoms with E-state index >= 15 is 0 Å². The summed E-state index contributed by atoms with van der Waals surface area (Å²) in [4.78, 5) is 25.0. The molecule has 0 aliphatic carbocycles. The van der Waals surface area contributed by atoms with E-state index < -0.39 is 11.4 Å². The maximum Gasteiger partial charge on any atom is 0.317 e. The standard InChI is InChI=1S/C15H28N2O3/c1-11(14(2,3)4)10-16-13(20)17-8-6-15(5,7-9-17)12(18)19/h11H,6-10H2,1-5H3,(H,16,20)(H,18,19). The first-order chi connectivity index (χ1) is 9.06. The normalized spacial score (nSPS) is 20.4. The molecule has 0 saturated carbocycles. The van der Waals surface area contributed by atoms with E-state index in [9.17, 15) is 9.59 Å². The average Bonchev–Trinajstić information content (AvgIpc) is 2.35. The summed E-state index contributed by atoms with van der Waals surface area (Å²) in [6, 6.07) is -0.0754. The van der Waals surface area contributed by atoms with Crippen LogP contribution in [0.2, 0.25) is 0 Å². The van der Waals surface area contributed by atoms with Crippen LogP contribution < -0.4 is 5.32 Å². The first-order valence-electron chi connectivity index (χ1n) is 7.32. The maximum atomic E-state index is 12.1. The molecule has 0 radical (unpaired) electrons. The first-order valence-corrected chi connectivity index (χ1v) is 7.32. The van der Waals surface area contributed by atoms with E-state index in [0.29, 0.717) is 38.4 Å². The smallest absolute Gasteiger partial charge is 0.317 e. The third-order valence-corrected chi connectivity index (χ3v) is 4.71. The van der Waals surface area contributed by atoms with Crippen molar-refractivity contribution >= 4 is 12.0 Å². The molecular formula is C15H28N2O3. The van der Waals surface area contributed by atoms with Gasteiger partial charge in [0.1, 0.15) is 0 Å². The number of urea groups is 1. The molecule has 1 rings (SSSR count). The predicted molar refractivity (Wildman–Crippen MR) is 78.6 cm³/mol. The quantitative estimate of drug-likeness (QED) is 0.837. The van der Waals surface area contributed by atoms with Crippen molar-refractivity contribution in [3.05, 3.63) is 0 Å². The summed E-state index contributed by atoms with van der Waals surface area (Å²) in [6.07, 6.45) is 1.04. The molecule has 5 nitrogen and oxygen atoms in total. The van der Waals surface area contributed by atoms with Gasteiger partial charge < -0.3 is 15.3 Å². The number of hydrogen-bond acceptors (Lipinski definition) is 2. The molecule has 2 amide bonds. The molecule has 5 heteroatoms. The van der Waals surface area contributed by atoms with Gasteiger partial charge in [0.05, 0.1) is 5.41 Å². The highest BCUT2D eigenvalue weighted by Crippen LogP contribution is 2.31. The topological polar surface area (TPSA) is 69.6 Å². The van der Waals surface area contributed by atoms with Gasteiger partial charge in [-0.05, 0) is 31.1 Å². The van der Waals surface area contributed by atoms with Gasteiger partial charge in [-0.15, -0.1) is 0 Å². The van der Waals surface area contributed by atoms with Crippen LogP contribution in [0, 0.1) is 16.7 Å². The Morgan fingerprint density at radius 1 is 1.30 bits per heavy atom. The van der Waals surface area contributed by atoms with Gasteiger partial charge >= 0.3 is 12.0 Å². The molecule has 2 N–H and O–H groups in total. The molecule has 1 aliphatic rings. The van der Waals surface area contributed by atoms with Crippen LogP contribution >= 0.6 is 0 Å². The second kappa shape index (κ2) is 6.02. The summed E-state index contributed by atoms with van der Waals surface area (Å²) in [5, 5.41) is 12.1. The van der Waals surface area contributed by atoms with Gasteiger partial charge in [-0.3, -0.25) is 4.79 Å². The summed E-state index contributed by atoms with van der Waals surface area (Å²) in [7, 11) is 0. The van der Waals surface area contributed by atoms with Gasteiger partial charge in [0.15, 0.2) is 0 Å². The Bertz CT molecular complexity index is 366. The SMILES string of the molecule is CC(CNC(=O)N1CCC(C)(C(=O)O)CC1)C(C)(C)C. The third kappa shape index (κ3) is 4.12. The Labute approximate surface area is 121 Å². The number of likely N-dealkylation sites (tertiary alicyclic amines) is 1. The van der Waals surface area contributed by atoms with Crippen molar-refractivity contribution in [2.24, 2.45) is 16.7 Å². The minimum Gasteiger partial charge on any atom is -0.481 e. The Balaban J connectivity index is 2.42. The van der Waals surface area contributed by atoms with Gasteiger partial charge in [0.25, 0.3) is 0 Å². The van der Waals surface area contributed by atoms with Crippen LogP contribution in [-0.4, -0.2) is 41.6 Å². The average molecular weight is 284 g/mol. The lowest BCUT2D eigenvalue weighted by atomic mass is 9.80. The predicted octanol–water partition coefficient (Wildman–Crippen LogP) is 2.56. The van der Waals surface area contributed by atoms with E-state index in [-0.39, 0.29) is 11.4 Å². The van der Waals surface area contributed by atoms with Crippen molar-refractivity contribution < 1.29 is 14.7 Å². The number of amides is 2. The number of nitrogens with zero attached hydrogens (tertiary/aromatic N) is 1. The third-order valence-electron chi connectivity index (χ3n) is 4.71. The van der Waals surface area contributed by atoms with E-state index in [1.165, 1.54) is 0 Å². The van der Waals surface area contributed by atoms with Crippen molar-refractivity contribution in [1.82, 2.24) is 10.2 Å². The van der Waals surface area contributed by atoms with Crippen LogP contribution in [0.5, 0.6) is 0 Å². The van der Waals surface area contributed by atoms with E-state index in [1.54, 1.807) is 11.8 Å². The van der Waals surface area contributed by atoms with Crippen molar-refractivity contribution in [2.45, 2.75) is 47.5 Å². The molecule has 1 saturated heterocycles. The number of carboxylic acids is 1.